The molecule has 84 valence electrons. The van der Waals surface area contributed by atoms with Gasteiger partial charge in [0.2, 0.25) is 5.91 Å². The zero-order valence-electron chi connectivity index (χ0n) is 8.40. The van der Waals surface area contributed by atoms with E-state index in [4.69, 9.17) is 5.73 Å². The first-order valence-electron chi connectivity index (χ1n) is 4.62. The van der Waals surface area contributed by atoms with Crippen molar-refractivity contribution in [3.05, 3.63) is 18.0 Å². The van der Waals surface area contributed by atoms with Gasteiger partial charge in [-0.3, -0.25) is 4.79 Å². The second-order valence-corrected chi connectivity index (χ2v) is 3.78. The van der Waals surface area contributed by atoms with Crippen molar-refractivity contribution in [1.29, 1.82) is 0 Å². The number of nitrogens with one attached hydrogen (secondary N) is 1. The molecule has 1 heterocycles. The number of hydrogen-bond donors (Lipinski definition) is 2. The van der Waals surface area contributed by atoms with E-state index in [0.29, 0.717) is 5.69 Å². The van der Waals surface area contributed by atoms with Gasteiger partial charge in [0.1, 0.15) is 12.0 Å². The topological polar surface area (TPSA) is 81.2 Å². The highest BCUT2D eigenvalue weighted by Crippen LogP contribution is 2.32. The van der Waals surface area contributed by atoms with Crippen LogP contribution in [-0.4, -0.2) is 16.6 Å². The molecule has 6 heteroatoms. The lowest BCUT2D eigenvalue weighted by atomic mass is 10.2. The minimum atomic E-state index is -0.627. The molecular formula is C9H14ClN3O2. The van der Waals surface area contributed by atoms with Crippen molar-refractivity contribution in [1.82, 2.24) is 10.5 Å². The van der Waals surface area contributed by atoms with Gasteiger partial charge in [0, 0.05) is 6.07 Å². The van der Waals surface area contributed by atoms with E-state index in [0.717, 1.165) is 12.8 Å². The summed E-state index contributed by atoms with van der Waals surface area (Å²) in [7, 11) is 0. The second-order valence-electron chi connectivity index (χ2n) is 3.78. The van der Waals surface area contributed by atoms with Crippen molar-refractivity contribution in [3.8, 4) is 0 Å². The number of aromatic nitrogens is 1. The Hall–Kier alpha value is -1.07. The van der Waals surface area contributed by atoms with Crippen molar-refractivity contribution < 1.29 is 9.32 Å². The number of hydrogen-bond acceptors (Lipinski definition) is 4. The molecule has 2 rings (SSSR count). The van der Waals surface area contributed by atoms with E-state index in [1.54, 1.807) is 6.07 Å². The van der Waals surface area contributed by atoms with Crippen LogP contribution in [0.5, 0.6) is 0 Å². The molecule has 0 aliphatic heterocycles. The monoisotopic (exact) mass is 231 g/mol. The van der Waals surface area contributed by atoms with Crippen molar-refractivity contribution in [2.75, 3.05) is 0 Å². The van der Waals surface area contributed by atoms with E-state index < -0.39 is 5.54 Å². The standard InChI is InChI=1S/C9H13N3O2.ClH/c1-6(7-2-5-14-12-7)11-8(13)9(10)3-4-9;/h2,5-6H,3-4,10H2,1H3,(H,11,13);1H. The molecule has 1 unspecified atom stereocenters. The molecule has 1 fully saturated rings. The first kappa shape index (κ1) is 12.0. The molecular weight excluding hydrogens is 218 g/mol. The quantitative estimate of drug-likeness (QED) is 0.805. The van der Waals surface area contributed by atoms with Gasteiger partial charge in [0.25, 0.3) is 0 Å². The summed E-state index contributed by atoms with van der Waals surface area (Å²) in [6, 6.07) is 1.57. The molecule has 0 radical (unpaired) electrons. The summed E-state index contributed by atoms with van der Waals surface area (Å²) in [5.41, 5.74) is 5.82. The third-order valence-corrected chi connectivity index (χ3v) is 2.49. The zero-order chi connectivity index (χ0) is 10.2. The van der Waals surface area contributed by atoms with E-state index in [1.165, 1.54) is 6.26 Å². The highest BCUT2D eigenvalue weighted by Gasteiger charge is 2.46. The van der Waals surface area contributed by atoms with Crippen LogP contribution in [0.3, 0.4) is 0 Å². The van der Waals surface area contributed by atoms with Crippen LogP contribution >= 0.6 is 12.4 Å². The predicted octanol–water partition coefficient (Wildman–Crippen LogP) is 0.765. The molecule has 15 heavy (non-hydrogen) atoms. The molecule has 1 amide bonds. The predicted molar refractivity (Wildman–Crippen MR) is 56.5 cm³/mol. The average Bonchev–Trinajstić information content (AvgIpc) is 2.71. The summed E-state index contributed by atoms with van der Waals surface area (Å²) in [4.78, 5) is 11.5. The van der Waals surface area contributed by atoms with Gasteiger partial charge in [-0.2, -0.15) is 0 Å². The van der Waals surface area contributed by atoms with Gasteiger partial charge in [0.15, 0.2) is 0 Å². The Morgan fingerprint density at radius 3 is 2.87 bits per heavy atom. The Bertz CT molecular complexity index is 335. The van der Waals surface area contributed by atoms with Crippen molar-refractivity contribution >= 4 is 18.3 Å². The van der Waals surface area contributed by atoms with Crippen LogP contribution < -0.4 is 11.1 Å². The average molecular weight is 232 g/mol. The van der Waals surface area contributed by atoms with Crippen LogP contribution in [0.1, 0.15) is 31.5 Å². The first-order chi connectivity index (χ1) is 6.62. The van der Waals surface area contributed by atoms with E-state index >= 15 is 0 Å². The van der Waals surface area contributed by atoms with E-state index in [9.17, 15) is 4.79 Å². The van der Waals surface area contributed by atoms with E-state index in [1.807, 2.05) is 6.92 Å². The third kappa shape index (κ3) is 2.49. The van der Waals surface area contributed by atoms with Crippen LogP contribution in [0.25, 0.3) is 0 Å². The molecule has 1 aliphatic carbocycles. The van der Waals surface area contributed by atoms with Gasteiger partial charge >= 0.3 is 0 Å². The van der Waals surface area contributed by atoms with E-state index in [2.05, 4.69) is 15.0 Å². The lowest BCUT2D eigenvalue weighted by Crippen LogP contribution is -2.43. The summed E-state index contributed by atoms with van der Waals surface area (Å²) < 4.78 is 4.69. The Labute approximate surface area is 93.8 Å². The largest absolute Gasteiger partial charge is 0.364 e. The number of nitrogens with zero attached hydrogens (tertiary/aromatic N) is 1. The maximum Gasteiger partial charge on any atom is 0.240 e. The minimum absolute atomic E-state index is 0. The number of amides is 1. The van der Waals surface area contributed by atoms with Crippen molar-refractivity contribution in [2.45, 2.75) is 31.3 Å². The van der Waals surface area contributed by atoms with Crippen molar-refractivity contribution in [2.24, 2.45) is 5.73 Å². The second kappa shape index (κ2) is 4.20. The summed E-state index contributed by atoms with van der Waals surface area (Å²) in [6.45, 7) is 1.85. The maximum absolute atomic E-state index is 11.5. The summed E-state index contributed by atoms with van der Waals surface area (Å²) in [6.07, 6.45) is 3.02. The zero-order valence-corrected chi connectivity index (χ0v) is 9.21. The van der Waals surface area contributed by atoms with Crippen LogP contribution in [0.2, 0.25) is 0 Å². The van der Waals surface area contributed by atoms with E-state index in [-0.39, 0.29) is 24.4 Å². The number of carbonyl (C=O) groups excluding carboxylic acids is 1. The SMILES string of the molecule is CC(NC(=O)C1(N)CC1)c1ccon1.Cl. The molecule has 0 aromatic carbocycles. The van der Waals surface area contributed by atoms with Gasteiger partial charge < -0.3 is 15.6 Å². The van der Waals surface area contributed by atoms with Crippen LogP contribution in [-0.2, 0) is 4.79 Å². The summed E-state index contributed by atoms with van der Waals surface area (Å²) in [5.74, 6) is -0.104. The molecule has 5 nitrogen and oxygen atoms in total. The molecule has 1 aromatic rings. The maximum atomic E-state index is 11.5. The summed E-state index contributed by atoms with van der Waals surface area (Å²) in [5, 5.41) is 6.54. The fourth-order valence-electron chi connectivity index (χ4n) is 1.22. The van der Waals surface area contributed by atoms with Gasteiger partial charge in [-0.25, -0.2) is 0 Å². The highest BCUT2D eigenvalue weighted by molar-refractivity contribution is 5.89. The van der Waals surface area contributed by atoms with Gasteiger partial charge in [-0.15, -0.1) is 12.4 Å². The van der Waals surface area contributed by atoms with Gasteiger partial charge in [-0.05, 0) is 19.8 Å². The van der Waals surface area contributed by atoms with Crippen LogP contribution in [0.15, 0.2) is 16.9 Å². The lowest BCUT2D eigenvalue weighted by molar-refractivity contribution is -0.123. The van der Waals surface area contributed by atoms with Gasteiger partial charge in [0.05, 0.1) is 11.6 Å². The third-order valence-electron chi connectivity index (χ3n) is 2.49. The van der Waals surface area contributed by atoms with Gasteiger partial charge in [-0.1, -0.05) is 5.16 Å². The van der Waals surface area contributed by atoms with Crippen molar-refractivity contribution in [3.63, 3.8) is 0 Å². The molecule has 0 bridgehead atoms. The Balaban J connectivity index is 0.00000112. The molecule has 1 aromatic heterocycles. The minimum Gasteiger partial charge on any atom is -0.364 e. The molecule has 0 spiro atoms. The Kier molecular flexibility index (Phi) is 3.36. The molecule has 1 saturated carbocycles. The smallest absolute Gasteiger partial charge is 0.240 e. The Morgan fingerprint density at radius 2 is 2.40 bits per heavy atom. The summed E-state index contributed by atoms with van der Waals surface area (Å²) >= 11 is 0. The molecule has 1 atom stereocenters. The lowest BCUT2D eigenvalue weighted by Gasteiger charge is -2.14. The number of carbonyl (C=O) groups is 1. The van der Waals surface area contributed by atoms with Crippen LogP contribution in [0, 0.1) is 0 Å². The fraction of sp³-hybridized carbons (Fsp3) is 0.556. The Morgan fingerprint density at radius 1 is 1.73 bits per heavy atom. The molecule has 3 N–H and O–H groups in total. The molecule has 0 saturated heterocycles. The number of halogens is 1. The first-order valence-corrected chi connectivity index (χ1v) is 4.62. The molecule has 1 aliphatic rings. The highest BCUT2D eigenvalue weighted by atomic mass is 35.5. The number of nitrogens with two attached hydrogens (primary N) is 1. The normalized spacial score (nSPS) is 18.8. The number of rotatable bonds is 3. The fourth-order valence-corrected chi connectivity index (χ4v) is 1.22. The van der Waals surface area contributed by atoms with Crippen LogP contribution in [0.4, 0.5) is 0 Å².